The number of carbonyl (C=O) groups excluding carboxylic acids is 1. The number of rotatable bonds is 6. The number of ether oxygens (including phenoxy) is 1. The summed E-state index contributed by atoms with van der Waals surface area (Å²) in [6.45, 7) is 8.83. The maximum atomic E-state index is 11.8. The molecule has 0 saturated carbocycles. The topological polar surface area (TPSA) is 53.6 Å². The van der Waals surface area contributed by atoms with E-state index in [1.807, 2.05) is 26.0 Å². The normalized spacial score (nSPS) is 17.0. The van der Waals surface area contributed by atoms with E-state index in [0.29, 0.717) is 0 Å². The van der Waals surface area contributed by atoms with Crippen LogP contribution in [0.25, 0.3) is 0 Å². The van der Waals surface area contributed by atoms with E-state index < -0.39 is 0 Å². The summed E-state index contributed by atoms with van der Waals surface area (Å²) in [5.74, 6) is 0. The van der Waals surface area contributed by atoms with E-state index in [-0.39, 0.29) is 12.1 Å². The molecule has 0 bridgehead atoms. The van der Waals surface area contributed by atoms with Crippen molar-refractivity contribution in [3.05, 3.63) is 29.8 Å². The number of urea groups is 1. The molecule has 122 valence electrons. The summed E-state index contributed by atoms with van der Waals surface area (Å²) < 4.78 is 5.35. The predicted molar refractivity (Wildman–Crippen MR) is 89.3 cm³/mol. The molecule has 1 saturated heterocycles. The van der Waals surface area contributed by atoms with Gasteiger partial charge in [0, 0.05) is 31.4 Å². The highest BCUT2D eigenvalue weighted by Gasteiger charge is 2.10. The van der Waals surface area contributed by atoms with Gasteiger partial charge in [0.25, 0.3) is 0 Å². The predicted octanol–water partition coefficient (Wildman–Crippen LogP) is 2.48. The summed E-state index contributed by atoms with van der Waals surface area (Å²) in [5, 5.41) is 5.76. The molecule has 2 N–H and O–H groups in total. The van der Waals surface area contributed by atoms with Crippen LogP contribution in [0.5, 0.6) is 0 Å². The van der Waals surface area contributed by atoms with Crippen molar-refractivity contribution < 1.29 is 9.53 Å². The molecule has 1 aromatic rings. The number of hydrogen-bond donors (Lipinski definition) is 2. The lowest BCUT2D eigenvalue weighted by atomic mass is 10.1. The summed E-state index contributed by atoms with van der Waals surface area (Å²) in [6.07, 6.45) is 1.95. The number of carbonyl (C=O) groups is 1. The monoisotopic (exact) mass is 305 g/mol. The van der Waals surface area contributed by atoms with Crippen LogP contribution in [0.3, 0.4) is 0 Å². The van der Waals surface area contributed by atoms with Crippen molar-refractivity contribution in [1.82, 2.24) is 10.2 Å². The summed E-state index contributed by atoms with van der Waals surface area (Å²) in [5.41, 5.74) is 2.12. The van der Waals surface area contributed by atoms with Gasteiger partial charge in [-0.3, -0.25) is 4.90 Å². The van der Waals surface area contributed by atoms with Crippen LogP contribution >= 0.6 is 0 Å². The standard InChI is InChI=1S/C17H27N3O2/c1-3-14(2)18-17(21)19-16-6-4-15(5-7-16)8-9-20-10-12-22-13-11-20/h4-7,14H,3,8-13H2,1-2H3,(H2,18,19,21). The fraction of sp³-hybridized carbons (Fsp3) is 0.588. The third-order valence-electron chi connectivity index (χ3n) is 4.02. The van der Waals surface area contributed by atoms with Crippen LogP contribution in [0.4, 0.5) is 10.5 Å². The molecule has 1 aliphatic rings. The number of nitrogens with one attached hydrogen (secondary N) is 2. The number of nitrogens with zero attached hydrogens (tertiary/aromatic N) is 1. The molecule has 1 heterocycles. The van der Waals surface area contributed by atoms with Gasteiger partial charge < -0.3 is 15.4 Å². The second kappa shape index (κ2) is 8.76. The number of hydrogen-bond acceptors (Lipinski definition) is 3. The van der Waals surface area contributed by atoms with Crippen LogP contribution in [-0.4, -0.2) is 49.8 Å². The molecule has 2 amide bonds. The van der Waals surface area contributed by atoms with Crippen molar-refractivity contribution in [1.29, 1.82) is 0 Å². The number of anilines is 1. The molecule has 0 aromatic heterocycles. The van der Waals surface area contributed by atoms with E-state index in [1.54, 1.807) is 0 Å². The molecule has 5 nitrogen and oxygen atoms in total. The summed E-state index contributed by atoms with van der Waals surface area (Å²) in [6, 6.07) is 8.14. The highest BCUT2D eigenvalue weighted by atomic mass is 16.5. The summed E-state index contributed by atoms with van der Waals surface area (Å²) in [7, 11) is 0. The van der Waals surface area contributed by atoms with Crippen molar-refractivity contribution in [2.45, 2.75) is 32.7 Å². The minimum atomic E-state index is -0.143. The van der Waals surface area contributed by atoms with Crippen molar-refractivity contribution in [3.63, 3.8) is 0 Å². The van der Waals surface area contributed by atoms with Gasteiger partial charge in [0.15, 0.2) is 0 Å². The molecule has 0 spiro atoms. The Hall–Kier alpha value is -1.59. The molecule has 1 aromatic carbocycles. The first kappa shape index (κ1) is 16.8. The van der Waals surface area contributed by atoms with Gasteiger partial charge in [0.05, 0.1) is 13.2 Å². The molecule has 1 aliphatic heterocycles. The average molecular weight is 305 g/mol. The maximum absolute atomic E-state index is 11.8. The number of amides is 2. The van der Waals surface area contributed by atoms with E-state index in [0.717, 1.165) is 51.4 Å². The van der Waals surface area contributed by atoms with Gasteiger partial charge >= 0.3 is 6.03 Å². The second-order valence-electron chi connectivity index (χ2n) is 5.81. The van der Waals surface area contributed by atoms with E-state index in [9.17, 15) is 4.79 Å². The van der Waals surface area contributed by atoms with Gasteiger partial charge in [0.1, 0.15) is 0 Å². The van der Waals surface area contributed by atoms with Crippen LogP contribution < -0.4 is 10.6 Å². The Bertz CT molecular complexity index is 455. The van der Waals surface area contributed by atoms with Gasteiger partial charge in [-0.15, -0.1) is 0 Å². The zero-order valence-corrected chi connectivity index (χ0v) is 13.6. The quantitative estimate of drug-likeness (QED) is 0.849. The fourth-order valence-corrected chi connectivity index (χ4v) is 2.36. The third kappa shape index (κ3) is 5.66. The zero-order valence-electron chi connectivity index (χ0n) is 13.6. The smallest absolute Gasteiger partial charge is 0.319 e. The van der Waals surface area contributed by atoms with Crippen molar-refractivity contribution in [2.75, 3.05) is 38.2 Å². The van der Waals surface area contributed by atoms with Crippen molar-refractivity contribution >= 4 is 11.7 Å². The Labute approximate surface area is 133 Å². The highest BCUT2D eigenvalue weighted by molar-refractivity contribution is 5.89. The average Bonchev–Trinajstić information content (AvgIpc) is 2.55. The minimum Gasteiger partial charge on any atom is -0.379 e. The number of benzene rings is 1. The Morgan fingerprint density at radius 3 is 2.59 bits per heavy atom. The Morgan fingerprint density at radius 2 is 1.95 bits per heavy atom. The van der Waals surface area contributed by atoms with Crippen LogP contribution in [0.2, 0.25) is 0 Å². The lowest BCUT2D eigenvalue weighted by Gasteiger charge is -2.26. The molecule has 1 fully saturated rings. The minimum absolute atomic E-state index is 0.143. The molecular formula is C17H27N3O2. The van der Waals surface area contributed by atoms with Gasteiger partial charge in [-0.25, -0.2) is 4.79 Å². The first-order valence-electron chi connectivity index (χ1n) is 8.14. The maximum Gasteiger partial charge on any atom is 0.319 e. The van der Waals surface area contributed by atoms with E-state index >= 15 is 0 Å². The van der Waals surface area contributed by atoms with E-state index in [1.165, 1.54) is 5.56 Å². The van der Waals surface area contributed by atoms with Gasteiger partial charge in [-0.1, -0.05) is 19.1 Å². The van der Waals surface area contributed by atoms with Crippen LogP contribution in [-0.2, 0) is 11.2 Å². The molecule has 2 rings (SSSR count). The van der Waals surface area contributed by atoms with Crippen LogP contribution in [0.1, 0.15) is 25.8 Å². The van der Waals surface area contributed by atoms with Gasteiger partial charge in [-0.2, -0.15) is 0 Å². The highest BCUT2D eigenvalue weighted by Crippen LogP contribution is 2.11. The van der Waals surface area contributed by atoms with Crippen LogP contribution in [0.15, 0.2) is 24.3 Å². The molecule has 1 unspecified atom stereocenters. The Balaban J connectivity index is 1.76. The largest absolute Gasteiger partial charge is 0.379 e. The molecule has 5 heteroatoms. The second-order valence-corrected chi connectivity index (χ2v) is 5.81. The Morgan fingerprint density at radius 1 is 1.27 bits per heavy atom. The first-order valence-corrected chi connectivity index (χ1v) is 8.14. The summed E-state index contributed by atoms with van der Waals surface area (Å²) in [4.78, 5) is 14.2. The van der Waals surface area contributed by atoms with E-state index in [4.69, 9.17) is 4.74 Å². The van der Waals surface area contributed by atoms with Gasteiger partial charge in [-0.05, 0) is 37.5 Å². The molecule has 0 aliphatic carbocycles. The zero-order chi connectivity index (χ0) is 15.8. The first-order chi connectivity index (χ1) is 10.7. The fourth-order valence-electron chi connectivity index (χ4n) is 2.36. The van der Waals surface area contributed by atoms with E-state index in [2.05, 4.69) is 27.7 Å². The van der Waals surface area contributed by atoms with Crippen LogP contribution in [0, 0.1) is 0 Å². The lowest BCUT2D eigenvalue weighted by Crippen LogP contribution is -2.37. The SMILES string of the molecule is CCC(C)NC(=O)Nc1ccc(CCN2CCOCC2)cc1. The molecule has 1 atom stereocenters. The Kier molecular flexibility index (Phi) is 6.68. The molecule has 0 radical (unpaired) electrons. The number of morpholine rings is 1. The molecular weight excluding hydrogens is 278 g/mol. The van der Waals surface area contributed by atoms with Gasteiger partial charge in [0.2, 0.25) is 0 Å². The summed E-state index contributed by atoms with van der Waals surface area (Å²) >= 11 is 0. The third-order valence-corrected chi connectivity index (χ3v) is 4.02. The lowest BCUT2D eigenvalue weighted by molar-refractivity contribution is 0.0384. The van der Waals surface area contributed by atoms with Crippen molar-refractivity contribution in [3.8, 4) is 0 Å². The van der Waals surface area contributed by atoms with Crippen molar-refractivity contribution in [2.24, 2.45) is 0 Å². The molecule has 22 heavy (non-hydrogen) atoms.